The minimum Gasteiger partial charge on any atom is -0.270 e. The van der Waals surface area contributed by atoms with Crippen molar-refractivity contribution in [3.05, 3.63) is 30.1 Å². The summed E-state index contributed by atoms with van der Waals surface area (Å²) in [5.74, 6) is 0.184. The Bertz CT molecular complexity index is 515. The van der Waals surface area contributed by atoms with Gasteiger partial charge in [0, 0.05) is 12.2 Å². The van der Waals surface area contributed by atoms with E-state index in [0.717, 1.165) is 5.69 Å². The van der Waals surface area contributed by atoms with E-state index in [1.165, 1.54) is 6.33 Å². The fraction of sp³-hybridized carbons (Fsp3) is 0.400. The van der Waals surface area contributed by atoms with Crippen LogP contribution < -0.4 is 0 Å². The van der Waals surface area contributed by atoms with Crippen LogP contribution >= 0.6 is 0 Å². The zero-order valence-corrected chi connectivity index (χ0v) is 9.20. The molecule has 0 aliphatic heterocycles. The van der Waals surface area contributed by atoms with Gasteiger partial charge in [-0.3, -0.25) is 4.68 Å². The molecule has 0 aliphatic rings. The Hall–Kier alpha value is -2.16. The van der Waals surface area contributed by atoms with Crippen molar-refractivity contribution in [1.29, 1.82) is 5.26 Å². The standard InChI is InChI=1S/C10H12N6/c1-8(2)16-4-3-9(13-16)6-15-7-12-10(5-11)14-15/h3-4,7-8H,6H2,1-2H3. The molecule has 0 aromatic carbocycles. The highest BCUT2D eigenvalue weighted by Crippen LogP contribution is 2.05. The Morgan fingerprint density at radius 3 is 2.81 bits per heavy atom. The van der Waals surface area contributed by atoms with Crippen LogP contribution in [0.25, 0.3) is 0 Å². The molecule has 2 aromatic rings. The molecule has 16 heavy (non-hydrogen) atoms. The van der Waals surface area contributed by atoms with Crippen LogP contribution in [0.1, 0.15) is 31.4 Å². The fourth-order valence-corrected chi connectivity index (χ4v) is 1.34. The highest BCUT2D eigenvalue weighted by Gasteiger charge is 2.04. The molecule has 82 valence electrons. The first kappa shape index (κ1) is 10.4. The smallest absolute Gasteiger partial charge is 0.252 e. The van der Waals surface area contributed by atoms with Gasteiger partial charge in [-0.1, -0.05) is 0 Å². The van der Waals surface area contributed by atoms with Crippen molar-refractivity contribution in [2.24, 2.45) is 0 Å². The second-order valence-electron chi connectivity index (χ2n) is 3.76. The van der Waals surface area contributed by atoms with Gasteiger partial charge < -0.3 is 0 Å². The predicted octanol–water partition coefficient (Wildman–Crippen LogP) is 0.975. The molecule has 6 heteroatoms. The van der Waals surface area contributed by atoms with Crippen molar-refractivity contribution < 1.29 is 0 Å². The number of nitriles is 1. The molecule has 0 atom stereocenters. The molecule has 0 amide bonds. The average Bonchev–Trinajstić information content (AvgIpc) is 2.87. The number of hydrogen-bond acceptors (Lipinski definition) is 4. The van der Waals surface area contributed by atoms with Crippen LogP contribution in [0.15, 0.2) is 18.6 Å². The van der Waals surface area contributed by atoms with Gasteiger partial charge in [-0.2, -0.15) is 10.4 Å². The monoisotopic (exact) mass is 216 g/mol. The first-order valence-corrected chi connectivity index (χ1v) is 5.02. The maximum Gasteiger partial charge on any atom is 0.252 e. The van der Waals surface area contributed by atoms with E-state index in [9.17, 15) is 0 Å². The molecule has 0 saturated heterocycles. The van der Waals surface area contributed by atoms with Crippen molar-refractivity contribution >= 4 is 0 Å². The maximum absolute atomic E-state index is 8.59. The quantitative estimate of drug-likeness (QED) is 0.766. The normalized spacial score (nSPS) is 10.6. The lowest BCUT2D eigenvalue weighted by molar-refractivity contribution is 0.520. The highest BCUT2D eigenvalue weighted by molar-refractivity contribution is 5.06. The van der Waals surface area contributed by atoms with Crippen molar-refractivity contribution in [2.75, 3.05) is 0 Å². The van der Waals surface area contributed by atoms with E-state index < -0.39 is 0 Å². The van der Waals surface area contributed by atoms with Crippen LogP contribution in [0.5, 0.6) is 0 Å². The number of nitrogens with zero attached hydrogens (tertiary/aromatic N) is 6. The third-order valence-corrected chi connectivity index (χ3v) is 2.15. The summed E-state index contributed by atoms with van der Waals surface area (Å²) >= 11 is 0. The summed E-state index contributed by atoms with van der Waals surface area (Å²) in [5, 5.41) is 16.9. The van der Waals surface area contributed by atoms with Crippen molar-refractivity contribution in [3.63, 3.8) is 0 Å². The molecule has 0 radical (unpaired) electrons. The van der Waals surface area contributed by atoms with E-state index in [2.05, 4.69) is 29.0 Å². The Balaban J connectivity index is 2.12. The van der Waals surface area contributed by atoms with Gasteiger partial charge >= 0.3 is 0 Å². The fourth-order valence-electron chi connectivity index (χ4n) is 1.34. The highest BCUT2D eigenvalue weighted by atomic mass is 15.3. The first-order valence-electron chi connectivity index (χ1n) is 5.02. The lowest BCUT2D eigenvalue weighted by Gasteiger charge is -2.03. The van der Waals surface area contributed by atoms with Crippen LogP contribution in [0.4, 0.5) is 0 Å². The molecule has 2 aromatic heterocycles. The Labute approximate surface area is 93.1 Å². The molecule has 6 nitrogen and oxygen atoms in total. The van der Waals surface area contributed by atoms with Gasteiger partial charge in [0.05, 0.1) is 12.2 Å². The molecule has 0 fully saturated rings. The van der Waals surface area contributed by atoms with E-state index in [-0.39, 0.29) is 5.82 Å². The molecule has 0 N–H and O–H groups in total. The van der Waals surface area contributed by atoms with Crippen LogP contribution in [-0.4, -0.2) is 24.5 Å². The number of aromatic nitrogens is 5. The van der Waals surface area contributed by atoms with Crippen molar-refractivity contribution in [2.45, 2.75) is 26.4 Å². The van der Waals surface area contributed by atoms with Gasteiger partial charge in [0.1, 0.15) is 12.4 Å². The number of rotatable bonds is 3. The van der Waals surface area contributed by atoms with E-state index in [0.29, 0.717) is 12.6 Å². The summed E-state index contributed by atoms with van der Waals surface area (Å²) in [4.78, 5) is 3.83. The SMILES string of the molecule is CC(C)n1ccc(Cn2cnc(C#N)n2)n1. The van der Waals surface area contributed by atoms with Gasteiger partial charge in [-0.25, -0.2) is 9.67 Å². The minimum atomic E-state index is 0.184. The summed E-state index contributed by atoms with van der Waals surface area (Å²) in [5.41, 5.74) is 0.906. The zero-order chi connectivity index (χ0) is 11.5. The lowest BCUT2D eigenvalue weighted by atomic mass is 10.4. The molecule has 0 saturated carbocycles. The van der Waals surface area contributed by atoms with Crippen molar-refractivity contribution in [1.82, 2.24) is 24.5 Å². The number of hydrogen-bond donors (Lipinski definition) is 0. The average molecular weight is 216 g/mol. The Morgan fingerprint density at radius 1 is 1.44 bits per heavy atom. The third-order valence-electron chi connectivity index (χ3n) is 2.15. The van der Waals surface area contributed by atoms with Gasteiger partial charge in [0.15, 0.2) is 0 Å². The van der Waals surface area contributed by atoms with E-state index >= 15 is 0 Å². The molecule has 0 unspecified atom stereocenters. The lowest BCUT2D eigenvalue weighted by Crippen LogP contribution is -2.05. The van der Waals surface area contributed by atoms with E-state index in [4.69, 9.17) is 5.26 Å². The largest absolute Gasteiger partial charge is 0.270 e. The third kappa shape index (κ3) is 2.08. The molecular weight excluding hydrogens is 204 g/mol. The molecule has 0 bridgehead atoms. The topological polar surface area (TPSA) is 72.3 Å². The van der Waals surface area contributed by atoms with Crippen LogP contribution in [0, 0.1) is 11.3 Å². The van der Waals surface area contributed by atoms with Crippen LogP contribution in [-0.2, 0) is 6.54 Å². The van der Waals surface area contributed by atoms with Gasteiger partial charge in [-0.05, 0) is 19.9 Å². The Kier molecular flexibility index (Phi) is 2.68. The predicted molar refractivity (Wildman–Crippen MR) is 56.5 cm³/mol. The summed E-state index contributed by atoms with van der Waals surface area (Å²) in [7, 11) is 0. The van der Waals surface area contributed by atoms with E-state index in [1.54, 1.807) is 4.68 Å². The van der Waals surface area contributed by atoms with E-state index in [1.807, 2.05) is 23.0 Å². The van der Waals surface area contributed by atoms with Gasteiger partial charge in [-0.15, -0.1) is 5.10 Å². The summed E-state index contributed by atoms with van der Waals surface area (Å²) in [6, 6.07) is 4.17. The molecule has 2 heterocycles. The van der Waals surface area contributed by atoms with Gasteiger partial charge in [0.2, 0.25) is 0 Å². The maximum atomic E-state index is 8.59. The Morgan fingerprint density at radius 2 is 2.25 bits per heavy atom. The second-order valence-corrected chi connectivity index (χ2v) is 3.76. The molecular formula is C10H12N6. The second kappa shape index (κ2) is 4.14. The summed E-state index contributed by atoms with van der Waals surface area (Å²) in [6.45, 7) is 4.68. The molecule has 2 rings (SSSR count). The summed E-state index contributed by atoms with van der Waals surface area (Å²) < 4.78 is 3.49. The summed E-state index contributed by atoms with van der Waals surface area (Å²) in [6.07, 6.45) is 3.47. The molecule has 0 spiro atoms. The minimum absolute atomic E-state index is 0.184. The first-order chi connectivity index (χ1) is 7.69. The van der Waals surface area contributed by atoms with Crippen molar-refractivity contribution in [3.8, 4) is 6.07 Å². The molecule has 0 aliphatic carbocycles. The van der Waals surface area contributed by atoms with Gasteiger partial charge in [0.25, 0.3) is 5.82 Å². The van der Waals surface area contributed by atoms with Crippen LogP contribution in [0.2, 0.25) is 0 Å². The zero-order valence-electron chi connectivity index (χ0n) is 9.20. The van der Waals surface area contributed by atoms with Crippen LogP contribution in [0.3, 0.4) is 0 Å².